The summed E-state index contributed by atoms with van der Waals surface area (Å²) >= 11 is 0. The number of hydroxylamine groups is 2. The molecule has 0 aliphatic carbocycles. The quantitative estimate of drug-likeness (QED) is 0.485. The third-order valence-corrected chi connectivity index (χ3v) is 3.09. The van der Waals surface area contributed by atoms with Crippen LogP contribution in [-0.4, -0.2) is 41.4 Å². The van der Waals surface area contributed by atoms with E-state index in [2.05, 4.69) is 0 Å². The normalized spacial score (nSPS) is 11.3. The predicted octanol–water partition coefficient (Wildman–Crippen LogP) is 0.762. The van der Waals surface area contributed by atoms with Gasteiger partial charge in [-0.1, -0.05) is 17.7 Å². The molecule has 18 heavy (non-hydrogen) atoms. The van der Waals surface area contributed by atoms with Crippen molar-refractivity contribution in [3.05, 3.63) is 35.4 Å². The number of benzene rings is 1. The zero-order valence-corrected chi connectivity index (χ0v) is 10.7. The molecule has 0 aliphatic rings. The molecule has 0 spiro atoms. The monoisotopic (exact) mass is 272 g/mol. The molecule has 1 aromatic rings. The van der Waals surface area contributed by atoms with E-state index in [9.17, 15) is 23.0 Å². The molecule has 0 heterocycles. The fourth-order valence-electron chi connectivity index (χ4n) is 1.34. The molecule has 0 bridgehead atoms. The van der Waals surface area contributed by atoms with Gasteiger partial charge in [-0.25, -0.2) is 13.5 Å². The molecule has 0 fully saturated rings. The number of carbonyl (C=O) groups is 1. The van der Waals surface area contributed by atoms with Crippen LogP contribution in [-0.2, 0) is 10.1 Å². The van der Waals surface area contributed by atoms with Crippen molar-refractivity contribution in [3.63, 3.8) is 0 Å². The Morgan fingerprint density at radius 2 is 1.89 bits per heavy atom. The third-order valence-electron chi connectivity index (χ3n) is 2.30. The van der Waals surface area contributed by atoms with E-state index in [1.54, 1.807) is 24.3 Å². The Hall–Kier alpha value is -1.44. The minimum atomic E-state index is -4.31. The van der Waals surface area contributed by atoms with Crippen LogP contribution in [0.15, 0.2) is 24.3 Å². The SMILES string of the molecule is Cc1ccc(C(=O)N(O)CCCS(=O)(=O)[O-])cc1. The maximum atomic E-state index is 11.7. The lowest BCUT2D eigenvalue weighted by Crippen LogP contribution is -2.29. The number of amides is 1. The molecule has 0 unspecified atom stereocenters. The summed E-state index contributed by atoms with van der Waals surface area (Å²) in [5, 5.41) is 9.84. The zero-order chi connectivity index (χ0) is 13.8. The van der Waals surface area contributed by atoms with Gasteiger partial charge in [0.1, 0.15) is 0 Å². The van der Waals surface area contributed by atoms with Gasteiger partial charge in [0.05, 0.1) is 10.1 Å². The molecule has 1 aromatic carbocycles. The zero-order valence-electron chi connectivity index (χ0n) is 9.87. The highest BCUT2D eigenvalue weighted by Gasteiger charge is 2.13. The second kappa shape index (κ2) is 5.94. The average Bonchev–Trinajstić information content (AvgIpc) is 2.27. The van der Waals surface area contributed by atoms with Crippen molar-refractivity contribution in [2.24, 2.45) is 0 Å². The van der Waals surface area contributed by atoms with E-state index in [4.69, 9.17) is 0 Å². The lowest BCUT2D eigenvalue weighted by atomic mass is 10.1. The van der Waals surface area contributed by atoms with Gasteiger partial charge in [0.15, 0.2) is 0 Å². The first-order chi connectivity index (χ1) is 8.29. The van der Waals surface area contributed by atoms with Gasteiger partial charge in [-0.05, 0) is 25.5 Å². The van der Waals surface area contributed by atoms with Crippen LogP contribution in [0.3, 0.4) is 0 Å². The van der Waals surface area contributed by atoms with E-state index in [0.29, 0.717) is 10.6 Å². The minimum absolute atomic E-state index is 0.0973. The van der Waals surface area contributed by atoms with Gasteiger partial charge in [0.2, 0.25) is 0 Å². The number of hydrogen-bond acceptors (Lipinski definition) is 5. The van der Waals surface area contributed by atoms with Crippen molar-refractivity contribution in [1.82, 2.24) is 5.06 Å². The van der Waals surface area contributed by atoms with Crippen LogP contribution < -0.4 is 0 Å². The van der Waals surface area contributed by atoms with Gasteiger partial charge in [0, 0.05) is 17.9 Å². The van der Waals surface area contributed by atoms with Crippen molar-refractivity contribution in [2.75, 3.05) is 12.3 Å². The van der Waals surface area contributed by atoms with Crippen LogP contribution >= 0.6 is 0 Å². The number of rotatable bonds is 5. The summed E-state index contributed by atoms with van der Waals surface area (Å²) in [4.78, 5) is 11.7. The second-order valence-corrected chi connectivity index (χ2v) is 5.43. The molecule has 7 heteroatoms. The standard InChI is InChI=1S/C11H15NO5S/c1-9-3-5-10(6-4-9)11(13)12(14)7-2-8-18(15,16)17/h3-6,14H,2,7-8H2,1H3,(H,15,16,17)/p-1. The molecule has 0 radical (unpaired) electrons. The molecule has 0 saturated carbocycles. The minimum Gasteiger partial charge on any atom is -0.748 e. The lowest BCUT2D eigenvalue weighted by Gasteiger charge is -2.15. The third kappa shape index (κ3) is 4.82. The van der Waals surface area contributed by atoms with Crippen LogP contribution in [0.5, 0.6) is 0 Å². The molecular weight excluding hydrogens is 258 g/mol. The molecule has 0 saturated heterocycles. The first-order valence-corrected chi connectivity index (χ1v) is 6.88. The molecule has 0 atom stereocenters. The maximum Gasteiger partial charge on any atom is 0.277 e. The van der Waals surface area contributed by atoms with E-state index in [-0.39, 0.29) is 13.0 Å². The van der Waals surface area contributed by atoms with Crippen molar-refractivity contribution >= 4 is 16.0 Å². The van der Waals surface area contributed by atoms with E-state index < -0.39 is 21.8 Å². The van der Waals surface area contributed by atoms with Gasteiger partial charge in [-0.15, -0.1) is 0 Å². The van der Waals surface area contributed by atoms with E-state index >= 15 is 0 Å². The van der Waals surface area contributed by atoms with Crippen LogP contribution in [0.25, 0.3) is 0 Å². The summed E-state index contributed by atoms with van der Waals surface area (Å²) in [7, 11) is -4.31. The Morgan fingerprint density at radius 3 is 2.39 bits per heavy atom. The Labute approximate surface area is 106 Å². The van der Waals surface area contributed by atoms with E-state index in [0.717, 1.165) is 5.56 Å². The van der Waals surface area contributed by atoms with Crippen molar-refractivity contribution in [3.8, 4) is 0 Å². The van der Waals surface area contributed by atoms with Crippen molar-refractivity contribution in [1.29, 1.82) is 0 Å². The first kappa shape index (κ1) is 14.6. The van der Waals surface area contributed by atoms with Crippen LogP contribution in [0.1, 0.15) is 22.3 Å². The van der Waals surface area contributed by atoms with Gasteiger partial charge < -0.3 is 4.55 Å². The summed E-state index contributed by atoms with van der Waals surface area (Å²) in [5.41, 5.74) is 1.28. The largest absolute Gasteiger partial charge is 0.748 e. The molecule has 1 N–H and O–H groups in total. The fraction of sp³-hybridized carbons (Fsp3) is 0.364. The number of nitrogens with zero attached hydrogens (tertiary/aromatic N) is 1. The van der Waals surface area contributed by atoms with Gasteiger partial charge in [0.25, 0.3) is 5.91 Å². The molecule has 0 aromatic heterocycles. The Morgan fingerprint density at radius 1 is 1.33 bits per heavy atom. The molecule has 1 amide bonds. The predicted molar refractivity (Wildman–Crippen MR) is 63.2 cm³/mol. The highest BCUT2D eigenvalue weighted by Crippen LogP contribution is 2.06. The smallest absolute Gasteiger partial charge is 0.277 e. The second-order valence-electron chi connectivity index (χ2n) is 3.91. The highest BCUT2D eigenvalue weighted by atomic mass is 32.2. The first-order valence-electron chi connectivity index (χ1n) is 5.30. The van der Waals surface area contributed by atoms with Crippen LogP contribution in [0.4, 0.5) is 0 Å². The summed E-state index contributed by atoms with van der Waals surface area (Å²) in [6.07, 6.45) is -0.0973. The summed E-state index contributed by atoms with van der Waals surface area (Å²) in [5.74, 6) is -1.23. The molecule has 100 valence electrons. The van der Waals surface area contributed by atoms with Gasteiger partial charge >= 0.3 is 0 Å². The highest BCUT2D eigenvalue weighted by molar-refractivity contribution is 7.85. The van der Waals surface area contributed by atoms with Gasteiger partial charge in [-0.3, -0.25) is 10.0 Å². The summed E-state index contributed by atoms with van der Waals surface area (Å²) in [6, 6.07) is 6.57. The van der Waals surface area contributed by atoms with E-state index in [1.165, 1.54) is 0 Å². The number of aryl methyl sites for hydroxylation is 1. The molecular formula is C11H14NO5S-. The van der Waals surface area contributed by atoms with Crippen molar-refractivity contribution < 1.29 is 23.0 Å². The summed E-state index contributed by atoms with van der Waals surface area (Å²) < 4.78 is 31.0. The fourth-order valence-corrected chi connectivity index (χ4v) is 1.82. The molecule has 0 aliphatic heterocycles. The Balaban J connectivity index is 2.54. The maximum absolute atomic E-state index is 11.7. The van der Waals surface area contributed by atoms with E-state index in [1.807, 2.05) is 6.92 Å². The Kier molecular flexibility index (Phi) is 4.83. The molecule has 6 nitrogen and oxygen atoms in total. The Bertz CT molecular complexity index is 509. The van der Waals surface area contributed by atoms with Crippen molar-refractivity contribution in [2.45, 2.75) is 13.3 Å². The lowest BCUT2D eigenvalue weighted by molar-refractivity contribution is -0.0577. The van der Waals surface area contributed by atoms with Gasteiger partial charge in [-0.2, -0.15) is 0 Å². The molecule has 1 rings (SSSR count). The number of carbonyl (C=O) groups excluding carboxylic acids is 1. The van der Waals surface area contributed by atoms with Crippen LogP contribution in [0, 0.1) is 6.92 Å². The number of hydrogen-bond donors (Lipinski definition) is 1. The topological polar surface area (TPSA) is 97.7 Å². The summed E-state index contributed by atoms with van der Waals surface area (Å²) in [6.45, 7) is 1.66. The van der Waals surface area contributed by atoms with Crippen LogP contribution in [0.2, 0.25) is 0 Å². The average molecular weight is 272 g/mol.